The summed E-state index contributed by atoms with van der Waals surface area (Å²) in [6.45, 7) is 10.1. The second-order valence-corrected chi connectivity index (χ2v) is 8.40. The van der Waals surface area contributed by atoms with Crippen molar-refractivity contribution in [3.05, 3.63) is 77.4 Å². The van der Waals surface area contributed by atoms with Gasteiger partial charge in [0.2, 0.25) is 0 Å². The molecular weight excluding hydrogens is 302 g/mol. The molecule has 0 heterocycles. The summed E-state index contributed by atoms with van der Waals surface area (Å²) in [5, 5.41) is 0. The van der Waals surface area contributed by atoms with Crippen molar-refractivity contribution in [2.45, 2.75) is 45.6 Å². The fraction of sp³-hybridized carbons (Fsp3) is 0.417. The third-order valence-corrected chi connectivity index (χ3v) is 4.91. The SMILES string of the molecule is CC(C)(C)c1ccc(CN(CC=Cc2ccccc2)CC2CC2)cc1. The van der Waals surface area contributed by atoms with Gasteiger partial charge in [0.05, 0.1) is 0 Å². The first-order valence-corrected chi connectivity index (χ1v) is 9.54. The van der Waals surface area contributed by atoms with E-state index < -0.39 is 0 Å². The average molecular weight is 334 g/mol. The molecule has 0 N–H and O–H groups in total. The van der Waals surface area contributed by atoms with Crippen LogP contribution in [0.1, 0.15) is 50.3 Å². The second-order valence-electron chi connectivity index (χ2n) is 8.40. The molecule has 132 valence electrons. The predicted octanol–water partition coefficient (Wildman–Crippen LogP) is 5.91. The first kappa shape index (κ1) is 17.9. The van der Waals surface area contributed by atoms with Crippen LogP contribution in [0.15, 0.2) is 60.7 Å². The standard InChI is InChI=1S/C24H31N/c1-24(2,3)23-15-13-22(14-16-23)19-25(18-21-11-12-21)17-7-10-20-8-5-4-6-9-20/h4-10,13-16,21H,11-12,17-19H2,1-3H3. The molecule has 1 saturated carbocycles. The zero-order chi connectivity index (χ0) is 17.7. The van der Waals surface area contributed by atoms with Crippen molar-refractivity contribution < 1.29 is 0 Å². The number of nitrogens with zero attached hydrogens (tertiary/aromatic N) is 1. The quantitative estimate of drug-likeness (QED) is 0.609. The fourth-order valence-corrected chi connectivity index (χ4v) is 3.14. The van der Waals surface area contributed by atoms with Gasteiger partial charge in [0, 0.05) is 19.6 Å². The molecule has 0 atom stereocenters. The van der Waals surface area contributed by atoms with Gasteiger partial charge < -0.3 is 0 Å². The van der Waals surface area contributed by atoms with E-state index >= 15 is 0 Å². The van der Waals surface area contributed by atoms with Crippen molar-refractivity contribution in [1.29, 1.82) is 0 Å². The molecule has 0 spiro atoms. The summed E-state index contributed by atoms with van der Waals surface area (Å²) in [5.41, 5.74) is 4.34. The maximum absolute atomic E-state index is 2.59. The van der Waals surface area contributed by atoms with E-state index in [-0.39, 0.29) is 5.41 Å². The van der Waals surface area contributed by atoms with Crippen LogP contribution in [0.25, 0.3) is 6.08 Å². The van der Waals surface area contributed by atoms with Gasteiger partial charge in [0.1, 0.15) is 0 Å². The molecule has 1 aliphatic carbocycles. The molecule has 1 nitrogen and oxygen atoms in total. The van der Waals surface area contributed by atoms with Crippen LogP contribution < -0.4 is 0 Å². The van der Waals surface area contributed by atoms with Crippen LogP contribution in [0.3, 0.4) is 0 Å². The molecular formula is C24H31N. The lowest BCUT2D eigenvalue weighted by Gasteiger charge is -2.22. The highest BCUT2D eigenvalue weighted by Gasteiger charge is 2.24. The molecule has 1 heteroatoms. The van der Waals surface area contributed by atoms with Crippen LogP contribution in [0.5, 0.6) is 0 Å². The lowest BCUT2D eigenvalue weighted by molar-refractivity contribution is 0.282. The Hall–Kier alpha value is -1.86. The van der Waals surface area contributed by atoms with Crippen molar-refractivity contribution in [3.8, 4) is 0 Å². The smallest absolute Gasteiger partial charge is 0.0237 e. The first-order valence-electron chi connectivity index (χ1n) is 9.54. The van der Waals surface area contributed by atoms with Gasteiger partial charge in [-0.25, -0.2) is 0 Å². The van der Waals surface area contributed by atoms with Crippen LogP contribution in [0.2, 0.25) is 0 Å². The van der Waals surface area contributed by atoms with Gasteiger partial charge >= 0.3 is 0 Å². The van der Waals surface area contributed by atoms with Crippen molar-refractivity contribution in [2.24, 2.45) is 5.92 Å². The van der Waals surface area contributed by atoms with E-state index in [9.17, 15) is 0 Å². The van der Waals surface area contributed by atoms with E-state index in [0.717, 1.165) is 19.0 Å². The molecule has 0 aliphatic heterocycles. The average Bonchev–Trinajstić information content (AvgIpc) is 3.39. The molecule has 3 rings (SSSR count). The minimum absolute atomic E-state index is 0.227. The Kier molecular flexibility index (Phi) is 5.75. The Labute approximate surface area is 153 Å². The van der Waals surface area contributed by atoms with Gasteiger partial charge in [0.25, 0.3) is 0 Å². The molecule has 2 aromatic rings. The zero-order valence-corrected chi connectivity index (χ0v) is 15.9. The molecule has 0 saturated heterocycles. The van der Waals surface area contributed by atoms with Crippen molar-refractivity contribution in [2.75, 3.05) is 13.1 Å². The van der Waals surface area contributed by atoms with Gasteiger partial charge in [-0.2, -0.15) is 0 Å². The summed E-state index contributed by atoms with van der Waals surface area (Å²) in [6, 6.07) is 19.8. The minimum atomic E-state index is 0.227. The second kappa shape index (κ2) is 8.01. The maximum Gasteiger partial charge on any atom is 0.0237 e. The highest BCUT2D eigenvalue weighted by Crippen LogP contribution is 2.30. The Morgan fingerprint density at radius 3 is 2.24 bits per heavy atom. The highest BCUT2D eigenvalue weighted by molar-refractivity contribution is 5.48. The minimum Gasteiger partial charge on any atom is -0.295 e. The number of rotatable bonds is 7. The van der Waals surface area contributed by atoms with Crippen LogP contribution in [0, 0.1) is 5.92 Å². The van der Waals surface area contributed by atoms with Gasteiger partial charge in [0.15, 0.2) is 0 Å². The van der Waals surface area contributed by atoms with Gasteiger partial charge in [-0.3, -0.25) is 4.90 Å². The fourth-order valence-electron chi connectivity index (χ4n) is 3.14. The van der Waals surface area contributed by atoms with E-state index in [1.807, 2.05) is 0 Å². The Bertz CT molecular complexity index is 672. The predicted molar refractivity (Wildman–Crippen MR) is 109 cm³/mol. The van der Waals surface area contributed by atoms with Crippen molar-refractivity contribution in [3.63, 3.8) is 0 Å². The van der Waals surface area contributed by atoms with Gasteiger partial charge in [-0.1, -0.05) is 87.5 Å². The van der Waals surface area contributed by atoms with E-state index in [4.69, 9.17) is 0 Å². The Morgan fingerprint density at radius 2 is 1.64 bits per heavy atom. The molecule has 0 unspecified atom stereocenters. The highest BCUT2D eigenvalue weighted by atomic mass is 15.1. The third kappa shape index (κ3) is 5.86. The van der Waals surface area contributed by atoms with Crippen LogP contribution in [0.4, 0.5) is 0 Å². The summed E-state index contributed by atoms with van der Waals surface area (Å²) in [4.78, 5) is 2.59. The molecule has 0 bridgehead atoms. The normalized spacial score (nSPS) is 15.2. The van der Waals surface area contributed by atoms with Gasteiger partial charge in [-0.05, 0) is 40.9 Å². The van der Waals surface area contributed by atoms with Crippen molar-refractivity contribution >= 4 is 6.08 Å². The van der Waals surface area contributed by atoms with Crippen molar-refractivity contribution in [1.82, 2.24) is 4.90 Å². The van der Waals surface area contributed by atoms with E-state index in [1.54, 1.807) is 0 Å². The molecule has 25 heavy (non-hydrogen) atoms. The van der Waals surface area contributed by atoms with Crippen LogP contribution in [-0.2, 0) is 12.0 Å². The van der Waals surface area contributed by atoms with E-state index in [1.165, 1.54) is 36.1 Å². The molecule has 0 aromatic heterocycles. The summed E-state index contributed by atoms with van der Waals surface area (Å²) >= 11 is 0. The Morgan fingerprint density at radius 1 is 0.960 bits per heavy atom. The molecule has 1 aliphatic rings. The monoisotopic (exact) mass is 333 g/mol. The first-order chi connectivity index (χ1) is 12.0. The largest absolute Gasteiger partial charge is 0.295 e. The maximum atomic E-state index is 2.59. The third-order valence-electron chi connectivity index (χ3n) is 4.91. The summed E-state index contributed by atoms with van der Waals surface area (Å²) < 4.78 is 0. The zero-order valence-electron chi connectivity index (χ0n) is 15.9. The summed E-state index contributed by atoms with van der Waals surface area (Å²) in [5.74, 6) is 0.916. The lowest BCUT2D eigenvalue weighted by atomic mass is 9.87. The van der Waals surface area contributed by atoms with E-state index in [0.29, 0.717) is 0 Å². The number of hydrogen-bond acceptors (Lipinski definition) is 1. The summed E-state index contributed by atoms with van der Waals surface area (Å²) in [7, 11) is 0. The molecule has 0 amide bonds. The van der Waals surface area contributed by atoms with Crippen LogP contribution in [-0.4, -0.2) is 18.0 Å². The van der Waals surface area contributed by atoms with E-state index in [2.05, 4.69) is 92.4 Å². The number of hydrogen-bond donors (Lipinski definition) is 0. The van der Waals surface area contributed by atoms with Gasteiger partial charge in [-0.15, -0.1) is 0 Å². The van der Waals surface area contributed by atoms with Crippen LogP contribution >= 0.6 is 0 Å². The molecule has 0 radical (unpaired) electrons. The summed E-state index contributed by atoms with van der Waals surface area (Å²) in [6.07, 6.45) is 7.35. The topological polar surface area (TPSA) is 3.24 Å². The molecule has 2 aromatic carbocycles. The molecule has 1 fully saturated rings. The lowest BCUT2D eigenvalue weighted by Crippen LogP contribution is -2.25. The number of benzene rings is 2. The Balaban J connectivity index is 1.61.